The molecule has 23 N–H and O–H groups in total. The van der Waals surface area contributed by atoms with E-state index in [1.165, 1.54) is 6.92 Å². The SMILES string of the molecule is CCO[C@@H]1C(C(=O)NCC(c2c(O)cc(O)c3c2O[C@H](c2cc(O)c(O)c(O)c2)[C@H](OC(=O)c2cc(O)c(O)c(O)c2)C3)c2c(O)cc(O)c3c2O[C@H](c2cc(O)c(O)c(O)c2)[C@H](OC(O)c2cc(O)c(O)c(O)c2)C3)O[C@@H](OC2C(NC(C)=O)COC(CO)[C@H]2O)C(O)C1O. The Labute approximate surface area is 539 Å². The molecule has 0 saturated carbocycles. The number of nitrogens with one attached hydrogen (secondary N) is 2. The van der Waals surface area contributed by atoms with Crippen LogP contribution in [0.2, 0.25) is 0 Å². The molecule has 6 aromatic rings. The van der Waals surface area contributed by atoms with Gasteiger partial charge in [0, 0.05) is 89.9 Å². The molecule has 0 bridgehead atoms. The van der Waals surface area contributed by atoms with Crippen molar-refractivity contribution in [3.05, 3.63) is 105 Å². The van der Waals surface area contributed by atoms with Crippen molar-refractivity contribution in [3.8, 4) is 103 Å². The van der Waals surface area contributed by atoms with Gasteiger partial charge in [0.15, 0.2) is 99.9 Å². The van der Waals surface area contributed by atoms with Gasteiger partial charge in [-0.25, -0.2) is 4.79 Å². The first-order valence-electron chi connectivity index (χ1n) is 29.2. The van der Waals surface area contributed by atoms with Crippen molar-refractivity contribution in [2.45, 2.75) is 118 Å². The molecule has 34 nitrogen and oxygen atoms in total. The van der Waals surface area contributed by atoms with Crippen LogP contribution in [0.5, 0.6) is 103 Å². The van der Waals surface area contributed by atoms with E-state index in [9.17, 15) is 117 Å². The highest BCUT2D eigenvalue weighted by Crippen LogP contribution is 2.57. The molecular formula is C62H66N2O32. The number of hydrogen-bond acceptors (Lipinski definition) is 32. The van der Waals surface area contributed by atoms with Gasteiger partial charge in [0.2, 0.25) is 5.91 Å². The van der Waals surface area contributed by atoms with Crippen molar-refractivity contribution in [1.82, 2.24) is 10.6 Å². The first-order valence-corrected chi connectivity index (χ1v) is 29.2. The van der Waals surface area contributed by atoms with Crippen LogP contribution >= 0.6 is 0 Å². The standard InChI is InChI=1S/C62H66N2O32/c1-3-89-57-50(84)51(85)62(95-56-27(64-19(2)66)18-90-42(17-65)49(56)83)96-58(57)59(86)63-16-26(43-30(69)14-28(67)24-12-40(91-60(87)22-8-36(75)47(81)37(76)9-22)52(93-54(24)43)20-4-32(71)45(79)33(72)5-20)44-31(70)15-29(68)25-13-41(92-61(88)23-10-38(77)48(82)39(78)11-23)53(94-55(25)44)21-6-34(73)46(80)35(74)7-21/h4-11,14-15,26-27,40-42,49-53,56-58,60,62,65,67-85,87H,3,12-13,16-18H2,1-2H3,(H,63,86)(H,64,66)/t26?,27?,40-,41-,42?,49-,50?,51?,52-,53-,56?,57+,58?,60?,62-/m1/s1. The van der Waals surface area contributed by atoms with E-state index in [1.54, 1.807) is 0 Å². The quantitative estimate of drug-likeness (QED) is 0.0314. The minimum atomic E-state index is -2.18. The summed E-state index contributed by atoms with van der Waals surface area (Å²) in [5, 5.41) is 235. The fraction of sp³-hybridized carbons (Fsp3) is 0.371. The normalized spacial score (nSPS) is 25.2. The summed E-state index contributed by atoms with van der Waals surface area (Å²) in [4.78, 5) is 41.4. The molecule has 34 heteroatoms. The van der Waals surface area contributed by atoms with Gasteiger partial charge < -0.3 is 156 Å². The van der Waals surface area contributed by atoms with Gasteiger partial charge in [-0.15, -0.1) is 0 Å². The van der Waals surface area contributed by atoms with E-state index in [2.05, 4.69) is 10.6 Å². The van der Waals surface area contributed by atoms with Gasteiger partial charge in [-0.3, -0.25) is 9.59 Å². The molecule has 4 aliphatic rings. The topological polar surface area (TPSA) is 574 Å². The van der Waals surface area contributed by atoms with E-state index in [0.717, 1.165) is 55.5 Å². The van der Waals surface area contributed by atoms with E-state index in [4.69, 9.17) is 37.9 Å². The molecule has 2 amide bonds. The Bertz CT molecular complexity index is 3890. The molecule has 0 aromatic heterocycles. The highest BCUT2D eigenvalue weighted by molar-refractivity contribution is 5.91. The summed E-state index contributed by atoms with van der Waals surface area (Å²) in [6, 6.07) is 6.73. The molecule has 15 atom stereocenters. The van der Waals surface area contributed by atoms with Crippen LogP contribution in [0.15, 0.2) is 60.7 Å². The molecule has 6 aromatic carbocycles. The van der Waals surface area contributed by atoms with Gasteiger partial charge in [0.05, 0.1) is 24.8 Å². The Morgan fingerprint density at radius 3 is 1.53 bits per heavy atom. The van der Waals surface area contributed by atoms with E-state index >= 15 is 4.79 Å². The fourth-order valence-corrected chi connectivity index (χ4v) is 12.0. The lowest BCUT2D eigenvalue weighted by Gasteiger charge is -2.46. The van der Waals surface area contributed by atoms with E-state index in [-0.39, 0.29) is 35.5 Å². The monoisotopic (exact) mass is 1350 g/mol. The van der Waals surface area contributed by atoms with E-state index in [1.807, 2.05) is 0 Å². The lowest BCUT2D eigenvalue weighted by molar-refractivity contribution is -0.323. The number of fused-ring (bicyclic) bond motifs is 2. The average molecular weight is 1350 g/mol. The van der Waals surface area contributed by atoms with Gasteiger partial charge in [-0.2, -0.15) is 0 Å². The molecule has 0 aliphatic carbocycles. The molecule has 8 unspecified atom stereocenters. The third-order valence-corrected chi connectivity index (χ3v) is 16.6. The number of aliphatic hydroxyl groups excluding tert-OH is 5. The van der Waals surface area contributed by atoms with Crippen molar-refractivity contribution < 1.29 is 160 Å². The Morgan fingerprint density at radius 2 is 1.05 bits per heavy atom. The van der Waals surface area contributed by atoms with Gasteiger partial charge in [0.25, 0.3) is 5.91 Å². The molecule has 2 fully saturated rings. The molecule has 516 valence electrons. The molecule has 96 heavy (non-hydrogen) atoms. The highest BCUT2D eigenvalue weighted by Gasteiger charge is 2.53. The minimum Gasteiger partial charge on any atom is -0.507 e. The predicted octanol–water partition coefficient (Wildman–Crippen LogP) is 0.372. The number of ether oxygens (including phenoxy) is 8. The molecule has 0 radical (unpaired) electrons. The number of esters is 1. The van der Waals surface area contributed by atoms with E-state index in [0.29, 0.717) is 12.1 Å². The Balaban J connectivity index is 1.14. The lowest BCUT2D eigenvalue weighted by atomic mass is 9.82. The van der Waals surface area contributed by atoms with Crippen LogP contribution in [0.4, 0.5) is 0 Å². The van der Waals surface area contributed by atoms with Gasteiger partial charge in [-0.05, 0) is 55.5 Å². The van der Waals surface area contributed by atoms with Crippen molar-refractivity contribution >= 4 is 17.8 Å². The number of benzene rings is 6. The third kappa shape index (κ3) is 13.2. The van der Waals surface area contributed by atoms with E-state index < -0.39 is 261 Å². The zero-order chi connectivity index (χ0) is 69.8. The number of phenolic OH excluding ortho intramolecular Hbond substituents is 16. The zero-order valence-electron chi connectivity index (χ0n) is 50.1. The predicted molar refractivity (Wildman–Crippen MR) is 315 cm³/mol. The maximum atomic E-state index is 15.2. The molecule has 4 aliphatic heterocycles. The second-order valence-corrected chi connectivity index (χ2v) is 22.9. The molecule has 4 heterocycles. The first kappa shape index (κ1) is 68.6. The number of carbonyl (C=O) groups excluding carboxylic acids is 3. The first-order chi connectivity index (χ1) is 45.4. The number of hydrogen-bond donors (Lipinski definition) is 23. The summed E-state index contributed by atoms with van der Waals surface area (Å²) in [5.74, 6) is -21.8. The third-order valence-electron chi connectivity index (χ3n) is 16.6. The number of carbonyl (C=O) groups is 3. The summed E-state index contributed by atoms with van der Waals surface area (Å²) >= 11 is 0. The van der Waals surface area contributed by atoms with Crippen LogP contribution in [0, 0.1) is 0 Å². The largest absolute Gasteiger partial charge is 0.507 e. The van der Waals surface area contributed by atoms with Gasteiger partial charge >= 0.3 is 5.97 Å². The summed E-state index contributed by atoms with van der Waals surface area (Å²) in [5.41, 5.74) is -3.50. The average Bonchev–Trinajstić information content (AvgIpc) is 0.735. The van der Waals surface area contributed by atoms with Gasteiger partial charge in [-0.1, -0.05) is 0 Å². The Kier molecular flexibility index (Phi) is 19.4. The van der Waals surface area contributed by atoms with Crippen molar-refractivity contribution in [2.75, 3.05) is 26.4 Å². The lowest BCUT2D eigenvalue weighted by Crippen LogP contribution is -2.66. The maximum absolute atomic E-state index is 15.2. The van der Waals surface area contributed by atoms with Crippen LogP contribution in [0.25, 0.3) is 0 Å². The molecular weight excluding hydrogens is 1280 g/mol. The number of aliphatic hydroxyl groups is 5. The van der Waals surface area contributed by atoms with Crippen LogP contribution in [-0.2, 0) is 50.9 Å². The fourth-order valence-electron chi connectivity index (χ4n) is 12.0. The summed E-state index contributed by atoms with van der Waals surface area (Å²) < 4.78 is 48.4. The second kappa shape index (κ2) is 27.2. The highest BCUT2D eigenvalue weighted by atomic mass is 16.7. The number of phenols is 16. The molecule has 0 spiro atoms. The van der Waals surface area contributed by atoms with Gasteiger partial charge in [0.1, 0.15) is 83.3 Å². The second-order valence-electron chi connectivity index (χ2n) is 22.9. The minimum absolute atomic E-state index is 0.264. The van der Waals surface area contributed by atoms with Crippen molar-refractivity contribution in [2.24, 2.45) is 0 Å². The maximum Gasteiger partial charge on any atom is 0.338 e. The van der Waals surface area contributed by atoms with Crippen LogP contribution in [-0.4, -0.2) is 219 Å². The number of aromatic hydroxyl groups is 16. The molecule has 10 rings (SSSR count). The van der Waals surface area contributed by atoms with Crippen LogP contribution in [0.1, 0.15) is 87.6 Å². The zero-order valence-corrected chi connectivity index (χ0v) is 50.1. The van der Waals surface area contributed by atoms with Crippen LogP contribution < -0.4 is 20.1 Å². The van der Waals surface area contributed by atoms with Crippen molar-refractivity contribution in [1.29, 1.82) is 0 Å². The Hall–Kier alpha value is -10.3. The summed E-state index contributed by atoms with van der Waals surface area (Å²) in [7, 11) is 0. The number of rotatable bonds is 18. The van der Waals surface area contributed by atoms with Crippen molar-refractivity contribution in [3.63, 3.8) is 0 Å². The Morgan fingerprint density at radius 1 is 0.583 bits per heavy atom. The summed E-state index contributed by atoms with van der Waals surface area (Å²) in [6.07, 6.45) is -25.5. The van der Waals surface area contributed by atoms with Crippen LogP contribution in [0.3, 0.4) is 0 Å². The summed E-state index contributed by atoms with van der Waals surface area (Å²) in [6.45, 7) is 0.181. The molecule has 2 saturated heterocycles. The smallest absolute Gasteiger partial charge is 0.338 e. The number of amides is 2.